The lowest BCUT2D eigenvalue weighted by atomic mass is 9.79. The standard InChI is InChI=1S/C32H33BrO/c1-31(2,3)26-15-24(16-27(20-26)32(4,5)6)25-17-28(33)21-30(19-25)34-29-14-10-13-23(18-29)22-11-8-7-9-12-22/h7-21H,1-6H3. The molecule has 0 radical (unpaired) electrons. The van der Waals surface area contributed by atoms with E-state index in [0.717, 1.165) is 27.1 Å². The lowest BCUT2D eigenvalue weighted by Gasteiger charge is -2.26. The van der Waals surface area contributed by atoms with Crippen LogP contribution in [0.3, 0.4) is 0 Å². The Balaban J connectivity index is 1.73. The van der Waals surface area contributed by atoms with Crippen molar-refractivity contribution in [1.29, 1.82) is 0 Å². The second-order valence-corrected chi connectivity index (χ2v) is 11.9. The topological polar surface area (TPSA) is 9.23 Å². The smallest absolute Gasteiger partial charge is 0.129 e. The summed E-state index contributed by atoms with van der Waals surface area (Å²) < 4.78 is 7.35. The van der Waals surface area contributed by atoms with Crippen LogP contribution in [0.4, 0.5) is 0 Å². The van der Waals surface area contributed by atoms with E-state index in [1.165, 1.54) is 22.3 Å². The molecule has 0 bridgehead atoms. The monoisotopic (exact) mass is 512 g/mol. The van der Waals surface area contributed by atoms with Gasteiger partial charge in [0.05, 0.1) is 0 Å². The van der Waals surface area contributed by atoms with E-state index >= 15 is 0 Å². The Morgan fingerprint density at radius 3 is 1.68 bits per heavy atom. The molecule has 0 atom stereocenters. The van der Waals surface area contributed by atoms with E-state index in [9.17, 15) is 0 Å². The van der Waals surface area contributed by atoms with Gasteiger partial charge in [-0.15, -0.1) is 0 Å². The molecule has 4 aromatic rings. The van der Waals surface area contributed by atoms with Gasteiger partial charge in [-0.1, -0.05) is 118 Å². The fraction of sp³-hybridized carbons (Fsp3) is 0.250. The first-order chi connectivity index (χ1) is 16.0. The zero-order valence-corrected chi connectivity index (χ0v) is 22.5. The molecular formula is C32H33BrO. The summed E-state index contributed by atoms with van der Waals surface area (Å²) in [5, 5.41) is 0. The van der Waals surface area contributed by atoms with Crippen molar-refractivity contribution in [1.82, 2.24) is 0 Å². The minimum Gasteiger partial charge on any atom is -0.457 e. The summed E-state index contributed by atoms with van der Waals surface area (Å²) in [5.74, 6) is 1.64. The van der Waals surface area contributed by atoms with Crippen LogP contribution in [0.1, 0.15) is 52.7 Å². The molecule has 0 heterocycles. The average molecular weight is 514 g/mol. The van der Waals surface area contributed by atoms with Crippen LogP contribution in [0.15, 0.2) is 95.5 Å². The predicted octanol–water partition coefficient (Wildman–Crippen LogP) is 10.2. The first-order valence-electron chi connectivity index (χ1n) is 11.8. The van der Waals surface area contributed by atoms with E-state index in [1.54, 1.807) is 0 Å². The lowest BCUT2D eigenvalue weighted by molar-refractivity contribution is 0.483. The quantitative estimate of drug-likeness (QED) is 0.264. The molecule has 0 aromatic heterocycles. The van der Waals surface area contributed by atoms with E-state index in [1.807, 2.05) is 24.3 Å². The molecule has 4 rings (SSSR count). The summed E-state index contributed by atoms with van der Waals surface area (Å²) in [5.41, 5.74) is 7.48. The number of ether oxygens (including phenoxy) is 1. The summed E-state index contributed by atoms with van der Waals surface area (Å²) in [6.07, 6.45) is 0. The number of hydrogen-bond donors (Lipinski definition) is 0. The highest BCUT2D eigenvalue weighted by Crippen LogP contribution is 2.37. The van der Waals surface area contributed by atoms with Gasteiger partial charge >= 0.3 is 0 Å². The van der Waals surface area contributed by atoms with Crippen molar-refractivity contribution in [3.8, 4) is 33.8 Å². The fourth-order valence-corrected chi connectivity index (χ4v) is 4.43. The van der Waals surface area contributed by atoms with E-state index in [4.69, 9.17) is 4.74 Å². The van der Waals surface area contributed by atoms with Crippen LogP contribution in [0.5, 0.6) is 11.5 Å². The second-order valence-electron chi connectivity index (χ2n) is 11.0. The first-order valence-corrected chi connectivity index (χ1v) is 12.6. The zero-order chi connectivity index (χ0) is 24.5. The molecule has 0 spiro atoms. The second kappa shape index (κ2) is 9.43. The van der Waals surface area contributed by atoms with Crippen molar-refractivity contribution in [3.63, 3.8) is 0 Å². The Kier molecular flexibility index (Phi) is 6.73. The van der Waals surface area contributed by atoms with Crippen molar-refractivity contribution < 1.29 is 4.74 Å². The van der Waals surface area contributed by atoms with E-state index in [2.05, 4.69) is 124 Å². The fourth-order valence-electron chi connectivity index (χ4n) is 3.95. The first kappa shape index (κ1) is 24.3. The van der Waals surface area contributed by atoms with Crippen LogP contribution >= 0.6 is 15.9 Å². The zero-order valence-electron chi connectivity index (χ0n) is 20.9. The Morgan fingerprint density at radius 2 is 1.06 bits per heavy atom. The highest BCUT2D eigenvalue weighted by molar-refractivity contribution is 9.10. The normalized spacial score (nSPS) is 12.0. The van der Waals surface area contributed by atoms with E-state index in [-0.39, 0.29) is 10.8 Å². The van der Waals surface area contributed by atoms with E-state index < -0.39 is 0 Å². The maximum Gasteiger partial charge on any atom is 0.129 e. The Labute approximate surface area is 213 Å². The van der Waals surface area contributed by atoms with Gasteiger partial charge in [-0.3, -0.25) is 0 Å². The number of rotatable bonds is 4. The Morgan fingerprint density at radius 1 is 0.500 bits per heavy atom. The number of benzene rings is 4. The maximum absolute atomic E-state index is 6.35. The highest BCUT2D eigenvalue weighted by Gasteiger charge is 2.21. The molecule has 0 N–H and O–H groups in total. The molecule has 0 saturated carbocycles. The van der Waals surface area contributed by atoms with Crippen molar-refractivity contribution >= 4 is 15.9 Å². The molecule has 34 heavy (non-hydrogen) atoms. The summed E-state index contributed by atoms with van der Waals surface area (Å²) >= 11 is 3.71. The van der Waals surface area contributed by atoms with Crippen molar-refractivity contribution in [2.45, 2.75) is 52.4 Å². The summed E-state index contributed by atoms with van der Waals surface area (Å²) in [4.78, 5) is 0. The SMILES string of the molecule is CC(C)(C)c1cc(-c2cc(Br)cc(Oc3cccc(-c4ccccc4)c3)c2)cc(C(C)(C)C)c1. The maximum atomic E-state index is 6.35. The van der Waals surface area contributed by atoms with Gasteiger partial charge in [0.15, 0.2) is 0 Å². The van der Waals surface area contributed by atoms with Crippen molar-refractivity contribution in [3.05, 3.63) is 107 Å². The minimum absolute atomic E-state index is 0.0687. The van der Waals surface area contributed by atoms with Crippen molar-refractivity contribution in [2.75, 3.05) is 0 Å². The minimum atomic E-state index is 0.0687. The van der Waals surface area contributed by atoms with Crippen LogP contribution in [0.2, 0.25) is 0 Å². The average Bonchev–Trinajstić information content (AvgIpc) is 2.78. The molecule has 0 amide bonds. The molecule has 2 heteroatoms. The number of halogens is 1. The van der Waals surface area contributed by atoms with Gasteiger partial charge in [0.25, 0.3) is 0 Å². The molecule has 0 aliphatic heterocycles. The molecule has 4 aromatic carbocycles. The molecule has 0 saturated heterocycles. The summed E-state index contributed by atoms with van der Waals surface area (Å²) in [7, 11) is 0. The van der Waals surface area contributed by atoms with E-state index in [0.29, 0.717) is 0 Å². The molecule has 0 aliphatic carbocycles. The lowest BCUT2D eigenvalue weighted by Crippen LogP contribution is -2.16. The number of hydrogen-bond acceptors (Lipinski definition) is 1. The molecule has 0 aliphatic rings. The van der Waals surface area contributed by atoms with Gasteiger partial charge in [0.1, 0.15) is 11.5 Å². The van der Waals surface area contributed by atoms with Gasteiger partial charge < -0.3 is 4.74 Å². The predicted molar refractivity (Wildman–Crippen MR) is 149 cm³/mol. The van der Waals surface area contributed by atoms with Crippen LogP contribution in [-0.2, 0) is 10.8 Å². The van der Waals surface area contributed by atoms with Crippen molar-refractivity contribution in [2.24, 2.45) is 0 Å². The largest absolute Gasteiger partial charge is 0.457 e. The van der Waals surface area contributed by atoms with Crippen LogP contribution in [-0.4, -0.2) is 0 Å². The van der Waals surface area contributed by atoms with Crippen LogP contribution < -0.4 is 4.74 Å². The third kappa shape index (κ3) is 5.80. The molecule has 0 unspecified atom stereocenters. The van der Waals surface area contributed by atoms with Gasteiger partial charge in [0.2, 0.25) is 0 Å². The molecule has 1 nitrogen and oxygen atoms in total. The van der Waals surface area contributed by atoms with Gasteiger partial charge in [-0.25, -0.2) is 0 Å². The van der Waals surface area contributed by atoms with Crippen LogP contribution in [0, 0.1) is 0 Å². The molecule has 174 valence electrons. The third-order valence-corrected chi connectivity index (χ3v) is 6.50. The molecule has 0 fully saturated rings. The Bertz CT molecular complexity index is 1260. The summed E-state index contributed by atoms with van der Waals surface area (Å²) in [6.45, 7) is 13.6. The third-order valence-electron chi connectivity index (χ3n) is 6.05. The Hall–Kier alpha value is -2.84. The molecular weight excluding hydrogens is 480 g/mol. The van der Waals surface area contributed by atoms with Gasteiger partial charge in [0, 0.05) is 4.47 Å². The highest BCUT2D eigenvalue weighted by atomic mass is 79.9. The summed E-state index contributed by atoms with van der Waals surface area (Å²) in [6, 6.07) is 31.9. The van der Waals surface area contributed by atoms with Gasteiger partial charge in [-0.2, -0.15) is 0 Å². The van der Waals surface area contributed by atoms with Gasteiger partial charge in [-0.05, 0) is 74.5 Å². The van der Waals surface area contributed by atoms with Crippen LogP contribution in [0.25, 0.3) is 22.3 Å².